The van der Waals surface area contributed by atoms with Crippen molar-refractivity contribution >= 4 is 11.8 Å². The van der Waals surface area contributed by atoms with Crippen molar-refractivity contribution in [1.82, 2.24) is 20.2 Å². The van der Waals surface area contributed by atoms with Crippen molar-refractivity contribution < 1.29 is 9.59 Å². The molecule has 0 saturated carbocycles. The van der Waals surface area contributed by atoms with Crippen LogP contribution in [0, 0.1) is 5.41 Å². The van der Waals surface area contributed by atoms with Crippen LogP contribution in [0.5, 0.6) is 0 Å². The molecule has 2 aromatic rings. The number of H-pyrrole nitrogens is 1. The first-order valence-corrected chi connectivity index (χ1v) is 8.80. The zero-order chi connectivity index (χ0) is 18.1. The van der Waals surface area contributed by atoms with E-state index >= 15 is 0 Å². The van der Waals surface area contributed by atoms with Gasteiger partial charge in [0.25, 0.3) is 11.5 Å². The van der Waals surface area contributed by atoms with Gasteiger partial charge in [-0.1, -0.05) is 0 Å². The summed E-state index contributed by atoms with van der Waals surface area (Å²) in [5.74, 6) is -0.180. The van der Waals surface area contributed by atoms with Crippen LogP contribution in [0.15, 0.2) is 41.5 Å². The van der Waals surface area contributed by atoms with Crippen LogP contribution in [0.4, 0.5) is 0 Å². The van der Waals surface area contributed by atoms with Gasteiger partial charge in [-0.25, -0.2) is 0 Å². The Kier molecular flexibility index (Phi) is 4.06. The molecular formula is C19H20N4O3. The second-order valence-corrected chi connectivity index (χ2v) is 6.93. The molecule has 0 bridgehead atoms. The number of aromatic amines is 1. The number of aromatic nitrogens is 2. The molecule has 2 N–H and O–H groups in total. The SMILES string of the molecule is O=C(c1ccc(-c2cccnc2)[nH]c1=O)N1CCC2(CCNC2=O)CC1. The molecular weight excluding hydrogens is 332 g/mol. The van der Waals surface area contributed by atoms with Crippen molar-refractivity contribution in [1.29, 1.82) is 0 Å². The van der Waals surface area contributed by atoms with Crippen LogP contribution in [-0.2, 0) is 4.79 Å². The summed E-state index contributed by atoms with van der Waals surface area (Å²) in [5.41, 5.74) is 0.809. The molecule has 2 aromatic heterocycles. The zero-order valence-electron chi connectivity index (χ0n) is 14.3. The van der Waals surface area contributed by atoms with Crippen molar-refractivity contribution in [3.8, 4) is 11.3 Å². The smallest absolute Gasteiger partial charge is 0.261 e. The van der Waals surface area contributed by atoms with Crippen LogP contribution >= 0.6 is 0 Å². The number of nitrogens with one attached hydrogen (secondary N) is 2. The number of nitrogens with zero attached hydrogens (tertiary/aromatic N) is 2. The van der Waals surface area contributed by atoms with Gasteiger partial charge in [0.05, 0.1) is 5.41 Å². The number of hydrogen-bond donors (Lipinski definition) is 2. The van der Waals surface area contributed by atoms with Gasteiger partial charge in [-0.2, -0.15) is 0 Å². The fourth-order valence-corrected chi connectivity index (χ4v) is 3.83. The molecule has 0 unspecified atom stereocenters. The first-order valence-electron chi connectivity index (χ1n) is 8.80. The van der Waals surface area contributed by atoms with E-state index in [2.05, 4.69) is 15.3 Å². The van der Waals surface area contributed by atoms with Crippen LogP contribution in [0.3, 0.4) is 0 Å². The lowest BCUT2D eigenvalue weighted by Gasteiger charge is -2.37. The van der Waals surface area contributed by atoms with Gasteiger partial charge in [0.2, 0.25) is 5.91 Å². The molecule has 2 aliphatic heterocycles. The second kappa shape index (κ2) is 6.40. The number of rotatable bonds is 2. The second-order valence-electron chi connectivity index (χ2n) is 6.93. The molecule has 2 amide bonds. The first-order chi connectivity index (χ1) is 12.6. The third kappa shape index (κ3) is 2.79. The van der Waals surface area contributed by atoms with Crippen LogP contribution in [0.2, 0.25) is 0 Å². The Labute approximate surface area is 150 Å². The molecule has 134 valence electrons. The lowest BCUT2D eigenvalue weighted by atomic mass is 9.77. The van der Waals surface area contributed by atoms with Gasteiger partial charge in [-0.3, -0.25) is 19.4 Å². The summed E-state index contributed by atoms with van der Waals surface area (Å²) < 4.78 is 0. The molecule has 2 fully saturated rings. The summed E-state index contributed by atoms with van der Waals surface area (Å²) in [4.78, 5) is 45.7. The largest absolute Gasteiger partial charge is 0.356 e. The quantitative estimate of drug-likeness (QED) is 0.848. The maximum atomic E-state index is 12.7. The van der Waals surface area contributed by atoms with E-state index in [1.54, 1.807) is 35.5 Å². The van der Waals surface area contributed by atoms with Crippen molar-refractivity contribution in [2.75, 3.05) is 19.6 Å². The van der Waals surface area contributed by atoms with Gasteiger partial charge in [0.15, 0.2) is 0 Å². The Hall–Kier alpha value is -2.96. The van der Waals surface area contributed by atoms with Gasteiger partial charge >= 0.3 is 0 Å². The highest BCUT2D eigenvalue weighted by Crippen LogP contribution is 2.38. The number of hydrogen-bond acceptors (Lipinski definition) is 4. The average molecular weight is 352 g/mol. The predicted molar refractivity (Wildman–Crippen MR) is 95.5 cm³/mol. The molecule has 4 rings (SSSR count). The van der Waals surface area contributed by atoms with Gasteiger partial charge in [-0.05, 0) is 43.5 Å². The minimum Gasteiger partial charge on any atom is -0.356 e. The lowest BCUT2D eigenvalue weighted by molar-refractivity contribution is -0.129. The van der Waals surface area contributed by atoms with Gasteiger partial charge in [0.1, 0.15) is 5.56 Å². The predicted octanol–water partition coefficient (Wildman–Crippen LogP) is 1.18. The molecule has 1 spiro atoms. The van der Waals surface area contributed by atoms with E-state index < -0.39 is 5.56 Å². The van der Waals surface area contributed by atoms with E-state index in [1.165, 1.54) is 0 Å². The molecule has 7 heteroatoms. The van der Waals surface area contributed by atoms with E-state index in [1.807, 2.05) is 6.07 Å². The molecule has 0 aromatic carbocycles. The summed E-state index contributed by atoms with van der Waals surface area (Å²) in [6.07, 6.45) is 5.44. The minimum absolute atomic E-state index is 0.100. The Balaban J connectivity index is 1.51. The lowest BCUT2D eigenvalue weighted by Crippen LogP contribution is -2.47. The molecule has 4 heterocycles. The highest BCUT2D eigenvalue weighted by atomic mass is 16.2. The molecule has 0 aliphatic carbocycles. The number of pyridine rings is 2. The highest BCUT2D eigenvalue weighted by Gasteiger charge is 2.45. The van der Waals surface area contributed by atoms with Crippen molar-refractivity contribution in [2.24, 2.45) is 5.41 Å². The van der Waals surface area contributed by atoms with Crippen LogP contribution in [0.25, 0.3) is 11.3 Å². The summed E-state index contributed by atoms with van der Waals surface area (Å²) in [7, 11) is 0. The third-order valence-electron chi connectivity index (χ3n) is 5.49. The summed E-state index contributed by atoms with van der Waals surface area (Å²) in [5, 5.41) is 2.88. The van der Waals surface area contributed by atoms with Crippen LogP contribution < -0.4 is 10.9 Å². The van der Waals surface area contributed by atoms with Gasteiger partial charge in [0, 0.05) is 43.3 Å². The summed E-state index contributed by atoms with van der Waals surface area (Å²) >= 11 is 0. The molecule has 0 radical (unpaired) electrons. The normalized spacial score (nSPS) is 18.8. The Morgan fingerprint density at radius 2 is 1.92 bits per heavy atom. The minimum atomic E-state index is -0.407. The monoisotopic (exact) mass is 352 g/mol. The Morgan fingerprint density at radius 3 is 2.54 bits per heavy atom. The maximum absolute atomic E-state index is 12.7. The van der Waals surface area contributed by atoms with E-state index in [-0.39, 0.29) is 22.8 Å². The van der Waals surface area contributed by atoms with E-state index in [9.17, 15) is 14.4 Å². The Morgan fingerprint density at radius 1 is 1.12 bits per heavy atom. The van der Waals surface area contributed by atoms with E-state index in [0.717, 1.165) is 12.0 Å². The maximum Gasteiger partial charge on any atom is 0.261 e. The van der Waals surface area contributed by atoms with Crippen molar-refractivity contribution in [2.45, 2.75) is 19.3 Å². The molecule has 7 nitrogen and oxygen atoms in total. The van der Waals surface area contributed by atoms with Crippen LogP contribution in [0.1, 0.15) is 29.6 Å². The number of carbonyl (C=O) groups is 2. The number of carbonyl (C=O) groups excluding carboxylic acids is 2. The first kappa shape index (κ1) is 16.5. The zero-order valence-corrected chi connectivity index (χ0v) is 14.3. The van der Waals surface area contributed by atoms with Crippen molar-refractivity contribution in [3.05, 3.63) is 52.6 Å². The summed E-state index contributed by atoms with van der Waals surface area (Å²) in [6, 6.07) is 6.92. The fourth-order valence-electron chi connectivity index (χ4n) is 3.83. The molecule has 0 atom stereocenters. The third-order valence-corrected chi connectivity index (χ3v) is 5.49. The van der Waals surface area contributed by atoms with Gasteiger partial charge in [-0.15, -0.1) is 0 Å². The molecule has 26 heavy (non-hydrogen) atoms. The average Bonchev–Trinajstić information content (AvgIpc) is 3.02. The number of piperidine rings is 1. The number of amides is 2. The molecule has 2 aliphatic rings. The number of likely N-dealkylation sites (tertiary alicyclic amines) is 1. The van der Waals surface area contributed by atoms with E-state index in [4.69, 9.17) is 0 Å². The van der Waals surface area contributed by atoms with Crippen molar-refractivity contribution in [3.63, 3.8) is 0 Å². The summed E-state index contributed by atoms with van der Waals surface area (Å²) in [6.45, 7) is 1.70. The van der Waals surface area contributed by atoms with Crippen LogP contribution in [-0.4, -0.2) is 46.3 Å². The topological polar surface area (TPSA) is 95.2 Å². The molecule has 2 saturated heterocycles. The highest BCUT2D eigenvalue weighted by molar-refractivity contribution is 5.94. The van der Waals surface area contributed by atoms with E-state index in [0.29, 0.717) is 38.2 Å². The fraction of sp³-hybridized carbons (Fsp3) is 0.368. The van der Waals surface area contributed by atoms with Gasteiger partial charge < -0.3 is 15.2 Å². The Bertz CT molecular complexity index is 899. The standard InChI is InChI=1S/C19H20N4O3/c24-16-14(3-4-15(22-16)13-2-1-8-20-12-13)17(25)23-10-6-19(7-11-23)5-9-21-18(19)26/h1-4,8,12H,5-7,9-11H2,(H,21,26)(H,22,24).